The zero-order valence-electron chi connectivity index (χ0n) is 10.2. The number of ether oxygens (including phenoxy) is 1. The molecule has 0 heterocycles. The third kappa shape index (κ3) is 3.91. The van der Waals surface area contributed by atoms with Crippen LogP contribution < -0.4 is 5.73 Å². The smallest absolute Gasteiger partial charge is 0.338 e. The second-order valence-electron chi connectivity index (χ2n) is 3.59. The van der Waals surface area contributed by atoms with Crippen molar-refractivity contribution in [1.29, 1.82) is 0 Å². The van der Waals surface area contributed by atoms with E-state index in [1.54, 1.807) is 0 Å². The molecule has 1 aromatic carbocycles. The molecule has 0 spiro atoms. The molecule has 19 heavy (non-hydrogen) atoms. The molecule has 0 aliphatic carbocycles. The van der Waals surface area contributed by atoms with Crippen LogP contribution in [0, 0.1) is 10.1 Å². The van der Waals surface area contributed by atoms with Gasteiger partial charge >= 0.3 is 5.97 Å². The Morgan fingerprint density at radius 2 is 2.16 bits per heavy atom. The highest BCUT2D eigenvalue weighted by Crippen LogP contribution is 2.20. The molecule has 0 aliphatic heterocycles. The SMILES string of the molecule is COC(=O)c1cc([N+](=O)[O-])ccc1C=CCC(N)=O. The predicted molar refractivity (Wildman–Crippen MR) is 67.3 cm³/mol. The van der Waals surface area contributed by atoms with E-state index in [9.17, 15) is 19.7 Å². The number of primary amides is 1. The maximum atomic E-state index is 11.5. The molecule has 1 rings (SSSR count). The summed E-state index contributed by atoms with van der Waals surface area (Å²) in [5.41, 5.74) is 5.23. The summed E-state index contributed by atoms with van der Waals surface area (Å²) >= 11 is 0. The summed E-state index contributed by atoms with van der Waals surface area (Å²) in [6.45, 7) is 0. The Kier molecular flexibility index (Phi) is 4.76. The van der Waals surface area contributed by atoms with Gasteiger partial charge < -0.3 is 10.5 Å². The summed E-state index contributed by atoms with van der Waals surface area (Å²) in [5, 5.41) is 10.7. The van der Waals surface area contributed by atoms with Gasteiger partial charge in [-0.05, 0) is 11.6 Å². The fraction of sp³-hybridized carbons (Fsp3) is 0.167. The van der Waals surface area contributed by atoms with E-state index in [2.05, 4.69) is 4.74 Å². The number of hydrogen-bond acceptors (Lipinski definition) is 5. The van der Waals surface area contributed by atoms with Gasteiger partial charge in [0.25, 0.3) is 5.69 Å². The number of methoxy groups -OCH3 is 1. The molecule has 0 atom stereocenters. The number of nitro groups is 1. The second kappa shape index (κ2) is 6.29. The lowest BCUT2D eigenvalue weighted by atomic mass is 10.1. The largest absolute Gasteiger partial charge is 0.465 e. The van der Waals surface area contributed by atoms with Crippen molar-refractivity contribution >= 4 is 23.6 Å². The average Bonchev–Trinajstić information content (AvgIpc) is 2.37. The van der Waals surface area contributed by atoms with Gasteiger partial charge in [-0.1, -0.05) is 12.2 Å². The summed E-state index contributed by atoms with van der Waals surface area (Å²) < 4.78 is 4.55. The molecule has 7 heteroatoms. The predicted octanol–water partition coefficient (Wildman–Crippen LogP) is 1.27. The van der Waals surface area contributed by atoms with Gasteiger partial charge in [0.1, 0.15) is 0 Å². The van der Waals surface area contributed by atoms with Crippen molar-refractivity contribution in [3.8, 4) is 0 Å². The van der Waals surface area contributed by atoms with Crippen LogP contribution in [0.2, 0.25) is 0 Å². The van der Waals surface area contributed by atoms with Crippen molar-refractivity contribution < 1.29 is 19.2 Å². The maximum absolute atomic E-state index is 11.5. The van der Waals surface area contributed by atoms with Crippen molar-refractivity contribution in [3.63, 3.8) is 0 Å². The van der Waals surface area contributed by atoms with E-state index >= 15 is 0 Å². The highest BCUT2D eigenvalue weighted by atomic mass is 16.6. The van der Waals surface area contributed by atoms with Crippen LogP contribution in [-0.4, -0.2) is 23.9 Å². The van der Waals surface area contributed by atoms with E-state index in [1.807, 2.05) is 0 Å². The summed E-state index contributed by atoms with van der Waals surface area (Å²) in [4.78, 5) is 32.2. The minimum atomic E-state index is -0.692. The first kappa shape index (κ1) is 14.4. The number of carbonyl (C=O) groups is 2. The fourth-order valence-corrected chi connectivity index (χ4v) is 1.39. The standard InChI is InChI=1S/C12H12N2O5/c1-19-12(16)10-7-9(14(17)18)6-5-8(10)3-2-4-11(13)15/h2-3,5-7H,4H2,1H3,(H2,13,15). The van der Waals surface area contributed by atoms with Gasteiger partial charge in [-0.15, -0.1) is 0 Å². The summed E-state index contributed by atoms with van der Waals surface area (Å²) in [5.74, 6) is -1.21. The minimum absolute atomic E-state index is 0.0115. The Morgan fingerprint density at radius 1 is 1.47 bits per heavy atom. The van der Waals surface area contributed by atoms with Crippen molar-refractivity contribution in [3.05, 3.63) is 45.5 Å². The van der Waals surface area contributed by atoms with Crippen molar-refractivity contribution in [2.45, 2.75) is 6.42 Å². The average molecular weight is 264 g/mol. The van der Waals surface area contributed by atoms with Crippen LogP contribution in [0.3, 0.4) is 0 Å². The molecule has 0 saturated heterocycles. The van der Waals surface area contributed by atoms with Crippen molar-refractivity contribution in [2.75, 3.05) is 7.11 Å². The van der Waals surface area contributed by atoms with Crippen LogP contribution in [-0.2, 0) is 9.53 Å². The van der Waals surface area contributed by atoms with Gasteiger partial charge in [0, 0.05) is 18.6 Å². The number of non-ortho nitro benzene ring substituents is 1. The Bertz CT molecular complexity index is 551. The molecule has 1 aromatic rings. The van der Waals surface area contributed by atoms with Gasteiger partial charge in [0.15, 0.2) is 0 Å². The Labute approximate surface area is 108 Å². The third-order valence-electron chi connectivity index (χ3n) is 2.27. The lowest BCUT2D eigenvalue weighted by molar-refractivity contribution is -0.384. The zero-order chi connectivity index (χ0) is 14.4. The van der Waals surface area contributed by atoms with Crippen LogP contribution >= 0.6 is 0 Å². The fourth-order valence-electron chi connectivity index (χ4n) is 1.39. The highest BCUT2D eigenvalue weighted by Gasteiger charge is 2.15. The molecule has 100 valence electrons. The molecule has 0 aliphatic rings. The summed E-state index contributed by atoms with van der Waals surface area (Å²) in [7, 11) is 1.18. The summed E-state index contributed by atoms with van der Waals surface area (Å²) in [6, 6.07) is 3.79. The summed E-state index contributed by atoms with van der Waals surface area (Å²) in [6.07, 6.45) is 2.97. The van der Waals surface area contributed by atoms with Crippen molar-refractivity contribution in [1.82, 2.24) is 0 Å². The van der Waals surface area contributed by atoms with Crippen LogP contribution in [0.1, 0.15) is 22.3 Å². The number of amides is 1. The lowest BCUT2D eigenvalue weighted by Gasteiger charge is -2.03. The first-order chi connectivity index (χ1) is 8.95. The Morgan fingerprint density at radius 3 is 2.68 bits per heavy atom. The van der Waals surface area contributed by atoms with E-state index in [1.165, 1.54) is 31.4 Å². The molecule has 0 unspecified atom stereocenters. The van der Waals surface area contributed by atoms with Gasteiger partial charge in [-0.3, -0.25) is 14.9 Å². The van der Waals surface area contributed by atoms with Crippen molar-refractivity contribution in [2.24, 2.45) is 5.73 Å². The molecule has 1 amide bonds. The number of esters is 1. The quantitative estimate of drug-likeness (QED) is 0.488. The molecule has 0 aromatic heterocycles. The molecular weight excluding hydrogens is 252 g/mol. The molecule has 2 N–H and O–H groups in total. The number of nitrogens with zero attached hydrogens (tertiary/aromatic N) is 1. The van der Waals surface area contributed by atoms with E-state index in [0.717, 1.165) is 6.07 Å². The minimum Gasteiger partial charge on any atom is -0.465 e. The maximum Gasteiger partial charge on any atom is 0.338 e. The topological polar surface area (TPSA) is 113 Å². The number of rotatable bonds is 5. The molecule has 0 fully saturated rings. The molecule has 7 nitrogen and oxygen atoms in total. The number of nitro benzene ring substituents is 1. The third-order valence-corrected chi connectivity index (χ3v) is 2.27. The second-order valence-corrected chi connectivity index (χ2v) is 3.59. The lowest BCUT2D eigenvalue weighted by Crippen LogP contribution is -2.08. The number of carbonyl (C=O) groups excluding carboxylic acids is 2. The van der Waals surface area contributed by atoms with Crippen LogP contribution in [0.15, 0.2) is 24.3 Å². The van der Waals surface area contributed by atoms with E-state index < -0.39 is 16.8 Å². The molecule has 0 saturated carbocycles. The number of nitrogens with two attached hydrogens (primary N) is 1. The van der Waals surface area contributed by atoms with E-state index in [-0.39, 0.29) is 17.7 Å². The van der Waals surface area contributed by atoms with Crippen LogP contribution in [0.4, 0.5) is 5.69 Å². The molecular formula is C12H12N2O5. The monoisotopic (exact) mass is 264 g/mol. The number of benzene rings is 1. The number of hydrogen-bond donors (Lipinski definition) is 1. The van der Waals surface area contributed by atoms with E-state index in [0.29, 0.717) is 5.56 Å². The molecule has 0 bridgehead atoms. The highest BCUT2D eigenvalue weighted by molar-refractivity contribution is 5.94. The normalized spacial score (nSPS) is 10.4. The molecule has 0 radical (unpaired) electrons. The van der Waals surface area contributed by atoms with Gasteiger partial charge in [-0.25, -0.2) is 4.79 Å². The Balaban J connectivity index is 3.16. The van der Waals surface area contributed by atoms with E-state index in [4.69, 9.17) is 5.73 Å². The zero-order valence-corrected chi connectivity index (χ0v) is 10.2. The van der Waals surface area contributed by atoms with Crippen LogP contribution in [0.25, 0.3) is 6.08 Å². The van der Waals surface area contributed by atoms with Gasteiger partial charge in [-0.2, -0.15) is 0 Å². The Hall–Kier alpha value is -2.70. The first-order valence-corrected chi connectivity index (χ1v) is 5.27. The van der Waals surface area contributed by atoms with Crippen LogP contribution in [0.5, 0.6) is 0 Å². The van der Waals surface area contributed by atoms with Gasteiger partial charge in [0.2, 0.25) is 5.91 Å². The van der Waals surface area contributed by atoms with Gasteiger partial charge in [0.05, 0.1) is 17.6 Å². The first-order valence-electron chi connectivity index (χ1n) is 5.27.